The number of ether oxygens (including phenoxy) is 3. The monoisotopic (exact) mass is 551 g/mol. The van der Waals surface area contributed by atoms with Crippen LogP contribution < -0.4 is 16.2 Å². The van der Waals surface area contributed by atoms with Gasteiger partial charge in [-0.25, -0.2) is 9.78 Å². The van der Waals surface area contributed by atoms with Gasteiger partial charge >= 0.3 is 11.9 Å². The predicted molar refractivity (Wildman–Crippen MR) is 154 cm³/mol. The van der Waals surface area contributed by atoms with Gasteiger partial charge in [-0.3, -0.25) is 4.79 Å². The van der Waals surface area contributed by atoms with Crippen LogP contribution in [0.15, 0.2) is 46.9 Å². The van der Waals surface area contributed by atoms with E-state index in [1.807, 2.05) is 45.9 Å². The van der Waals surface area contributed by atoms with Crippen molar-refractivity contribution in [3.05, 3.63) is 65.0 Å². The van der Waals surface area contributed by atoms with Crippen molar-refractivity contribution >= 4 is 17.6 Å². The molecule has 0 aliphatic rings. The van der Waals surface area contributed by atoms with Crippen LogP contribution in [0.25, 0.3) is 11.5 Å². The Kier molecular flexibility index (Phi) is 9.63. The van der Waals surface area contributed by atoms with Crippen LogP contribution in [0.3, 0.4) is 0 Å². The summed E-state index contributed by atoms with van der Waals surface area (Å²) in [5.41, 5.74) is 13.8. The smallest absolute Gasteiger partial charge is 0.330 e. The van der Waals surface area contributed by atoms with Crippen LogP contribution in [0.2, 0.25) is 0 Å². The first kappa shape index (κ1) is 30.7. The van der Waals surface area contributed by atoms with Crippen LogP contribution in [0.1, 0.15) is 70.5 Å². The fourth-order valence-electron chi connectivity index (χ4n) is 4.10. The average molecular weight is 552 g/mol. The highest BCUT2D eigenvalue weighted by Crippen LogP contribution is 2.30. The lowest BCUT2D eigenvalue weighted by Gasteiger charge is -2.27. The Morgan fingerprint density at radius 3 is 2.33 bits per heavy atom. The van der Waals surface area contributed by atoms with Gasteiger partial charge < -0.3 is 30.1 Å². The number of benzene rings is 2. The van der Waals surface area contributed by atoms with E-state index in [2.05, 4.69) is 4.98 Å². The number of nitrogen functional groups attached to an aromatic ring is 1. The summed E-state index contributed by atoms with van der Waals surface area (Å²) >= 11 is 0. The standard InChI is InChI=1S/C31H41N3O6/c1-19(2)38-29(36)31(7,33)25-18-24(14-10-21(25)11-15-27(35)40-30(4,5)6)37-17-16-26-20(3)39-28(34-26)22-8-12-23(32)13-9-22/h8-10,12-14,18-19H,11,15-17,32-33H2,1-7H3. The summed E-state index contributed by atoms with van der Waals surface area (Å²) in [6.45, 7) is 12.8. The van der Waals surface area contributed by atoms with Crippen molar-refractivity contribution in [2.45, 2.75) is 85.0 Å². The summed E-state index contributed by atoms with van der Waals surface area (Å²) in [6, 6.07) is 12.7. The number of nitrogens with zero attached hydrogens (tertiary/aromatic N) is 1. The van der Waals surface area contributed by atoms with E-state index < -0.39 is 17.1 Å². The van der Waals surface area contributed by atoms with Crippen molar-refractivity contribution in [3.63, 3.8) is 0 Å². The lowest BCUT2D eigenvalue weighted by atomic mass is 9.87. The van der Waals surface area contributed by atoms with E-state index >= 15 is 0 Å². The first-order chi connectivity index (χ1) is 18.7. The minimum absolute atomic E-state index is 0.140. The summed E-state index contributed by atoms with van der Waals surface area (Å²) in [4.78, 5) is 29.9. The predicted octanol–water partition coefficient (Wildman–Crippen LogP) is 5.25. The lowest BCUT2D eigenvalue weighted by molar-refractivity contribution is -0.155. The van der Waals surface area contributed by atoms with Crippen molar-refractivity contribution in [2.75, 3.05) is 12.3 Å². The number of carbonyl (C=O) groups excluding carboxylic acids is 2. The van der Waals surface area contributed by atoms with Crippen LogP contribution in [0.5, 0.6) is 5.75 Å². The molecule has 9 heteroatoms. The number of aryl methyl sites for hydroxylation is 2. The number of esters is 2. The van der Waals surface area contributed by atoms with Gasteiger partial charge in [-0.1, -0.05) is 6.07 Å². The highest BCUT2D eigenvalue weighted by Gasteiger charge is 2.35. The number of rotatable bonds is 11. The highest BCUT2D eigenvalue weighted by molar-refractivity contribution is 5.83. The van der Waals surface area contributed by atoms with Crippen LogP contribution in [-0.2, 0) is 37.4 Å². The Labute approximate surface area is 236 Å². The second-order valence-corrected chi connectivity index (χ2v) is 11.3. The zero-order chi connectivity index (χ0) is 29.7. The van der Waals surface area contributed by atoms with Crippen molar-refractivity contribution in [1.29, 1.82) is 0 Å². The zero-order valence-electron chi connectivity index (χ0n) is 24.5. The Balaban J connectivity index is 1.77. The molecule has 1 unspecified atom stereocenters. The molecule has 0 amide bonds. The van der Waals surface area contributed by atoms with Crippen molar-refractivity contribution in [3.8, 4) is 17.2 Å². The van der Waals surface area contributed by atoms with E-state index in [4.69, 9.17) is 30.1 Å². The molecule has 3 rings (SSSR count). The largest absolute Gasteiger partial charge is 0.493 e. The fraction of sp³-hybridized carbons (Fsp3) is 0.452. The van der Waals surface area contributed by atoms with E-state index in [0.29, 0.717) is 48.1 Å². The molecule has 0 aliphatic heterocycles. The molecule has 0 spiro atoms. The first-order valence-electron chi connectivity index (χ1n) is 13.5. The molecule has 0 fully saturated rings. The minimum atomic E-state index is -1.45. The molecule has 0 radical (unpaired) electrons. The zero-order valence-corrected chi connectivity index (χ0v) is 24.5. The number of anilines is 1. The Morgan fingerprint density at radius 2 is 1.70 bits per heavy atom. The molecule has 2 aromatic carbocycles. The molecule has 0 saturated heterocycles. The van der Waals surface area contributed by atoms with Crippen molar-refractivity contribution in [2.24, 2.45) is 5.73 Å². The second kappa shape index (κ2) is 12.6. The number of oxazole rings is 1. The van der Waals surface area contributed by atoms with Gasteiger partial charge in [0.1, 0.15) is 22.6 Å². The van der Waals surface area contributed by atoms with Crippen LogP contribution >= 0.6 is 0 Å². The van der Waals surface area contributed by atoms with Gasteiger partial charge in [0.05, 0.1) is 18.4 Å². The van der Waals surface area contributed by atoms with Gasteiger partial charge in [-0.2, -0.15) is 0 Å². The normalized spacial score (nSPS) is 13.1. The van der Waals surface area contributed by atoms with Gasteiger partial charge in [0.15, 0.2) is 0 Å². The number of nitrogens with two attached hydrogens (primary N) is 2. The summed E-state index contributed by atoms with van der Waals surface area (Å²) < 4.78 is 22.8. The quantitative estimate of drug-likeness (QED) is 0.241. The summed E-state index contributed by atoms with van der Waals surface area (Å²) in [7, 11) is 0. The van der Waals surface area contributed by atoms with Gasteiger partial charge in [-0.15, -0.1) is 0 Å². The molecule has 1 heterocycles. The van der Waals surface area contributed by atoms with E-state index in [-0.39, 0.29) is 18.5 Å². The van der Waals surface area contributed by atoms with Crippen LogP contribution in [-0.4, -0.2) is 35.2 Å². The minimum Gasteiger partial charge on any atom is -0.493 e. The molecule has 1 atom stereocenters. The third-order valence-electron chi connectivity index (χ3n) is 6.08. The Morgan fingerprint density at radius 1 is 1.02 bits per heavy atom. The van der Waals surface area contributed by atoms with E-state index in [0.717, 1.165) is 16.8 Å². The van der Waals surface area contributed by atoms with E-state index in [9.17, 15) is 9.59 Å². The maximum Gasteiger partial charge on any atom is 0.330 e. The fourth-order valence-corrected chi connectivity index (χ4v) is 4.10. The van der Waals surface area contributed by atoms with Crippen LogP contribution in [0.4, 0.5) is 5.69 Å². The summed E-state index contributed by atoms with van der Waals surface area (Å²) in [5, 5.41) is 0. The van der Waals surface area contributed by atoms with E-state index in [1.165, 1.54) is 0 Å². The number of aromatic nitrogens is 1. The topological polar surface area (TPSA) is 140 Å². The molecule has 0 saturated carbocycles. The molecule has 0 aliphatic carbocycles. The summed E-state index contributed by atoms with van der Waals surface area (Å²) in [6.07, 6.45) is 0.665. The third kappa shape index (κ3) is 8.32. The number of hydrogen-bond acceptors (Lipinski definition) is 9. The molecule has 1 aromatic heterocycles. The molecule has 40 heavy (non-hydrogen) atoms. The van der Waals surface area contributed by atoms with Gasteiger partial charge in [-0.05, 0) is 102 Å². The highest BCUT2D eigenvalue weighted by atomic mass is 16.6. The van der Waals surface area contributed by atoms with Gasteiger partial charge in [0, 0.05) is 24.1 Å². The Hall–Kier alpha value is -3.85. The first-order valence-corrected chi connectivity index (χ1v) is 13.5. The second-order valence-electron chi connectivity index (χ2n) is 11.3. The van der Waals surface area contributed by atoms with Crippen molar-refractivity contribution < 1.29 is 28.2 Å². The summed E-state index contributed by atoms with van der Waals surface area (Å²) in [5.74, 6) is 0.867. The maximum atomic E-state index is 12.9. The molecular weight excluding hydrogens is 510 g/mol. The van der Waals surface area contributed by atoms with Crippen LogP contribution in [0, 0.1) is 6.92 Å². The average Bonchev–Trinajstić information content (AvgIpc) is 3.22. The number of carbonyl (C=O) groups is 2. The van der Waals surface area contributed by atoms with Crippen molar-refractivity contribution in [1.82, 2.24) is 4.98 Å². The van der Waals surface area contributed by atoms with E-state index in [1.54, 1.807) is 45.0 Å². The molecular formula is C31H41N3O6. The SMILES string of the molecule is Cc1oc(-c2ccc(N)cc2)nc1CCOc1ccc(CCC(=O)OC(C)(C)C)c(C(C)(N)C(=O)OC(C)C)c1. The molecule has 3 aromatic rings. The maximum absolute atomic E-state index is 12.9. The molecule has 0 bridgehead atoms. The Bertz CT molecular complexity index is 1320. The number of hydrogen-bond donors (Lipinski definition) is 2. The lowest BCUT2D eigenvalue weighted by Crippen LogP contribution is -2.44. The third-order valence-corrected chi connectivity index (χ3v) is 6.08. The van der Waals surface area contributed by atoms with Gasteiger partial charge in [0.2, 0.25) is 5.89 Å². The molecule has 4 N–H and O–H groups in total. The van der Waals surface area contributed by atoms with Gasteiger partial charge in [0.25, 0.3) is 0 Å². The molecule has 9 nitrogen and oxygen atoms in total. The molecule has 216 valence electrons.